The molecule has 1 unspecified atom stereocenters. The fourth-order valence-electron chi connectivity index (χ4n) is 2.49. The van der Waals surface area contributed by atoms with Gasteiger partial charge in [0, 0.05) is 25.9 Å². The normalized spacial score (nSPS) is 17.3. The van der Waals surface area contributed by atoms with E-state index in [1.807, 2.05) is 35.2 Å². The van der Waals surface area contributed by atoms with E-state index in [1.165, 1.54) is 6.92 Å². The summed E-state index contributed by atoms with van der Waals surface area (Å²) in [4.78, 5) is 29.3. The first-order valence-corrected chi connectivity index (χ1v) is 8.27. The van der Waals surface area contributed by atoms with Gasteiger partial charge in [0.15, 0.2) is 0 Å². The number of ether oxygens (including phenoxy) is 1. The quantitative estimate of drug-likeness (QED) is 0.638. The van der Waals surface area contributed by atoms with Gasteiger partial charge in [-0.1, -0.05) is 18.2 Å². The van der Waals surface area contributed by atoms with Crippen LogP contribution in [0, 0.1) is 0 Å². The van der Waals surface area contributed by atoms with Crippen LogP contribution in [0.15, 0.2) is 48.8 Å². The fraction of sp³-hybridized carbons (Fsp3) is 0.235. The van der Waals surface area contributed by atoms with Gasteiger partial charge in [-0.15, -0.1) is 11.8 Å². The molecule has 1 aliphatic heterocycles. The Kier molecular flexibility index (Phi) is 4.62. The van der Waals surface area contributed by atoms with E-state index in [-0.39, 0.29) is 17.3 Å². The second-order valence-corrected chi connectivity index (χ2v) is 6.28. The van der Waals surface area contributed by atoms with Crippen molar-refractivity contribution >= 4 is 23.6 Å². The summed E-state index contributed by atoms with van der Waals surface area (Å²) in [6.07, 6.45) is 3.48. The Balaban J connectivity index is 1.83. The summed E-state index contributed by atoms with van der Waals surface area (Å²) < 4.78 is 5.13. The SMILES string of the molecule is CC(=O)Oc1cccc(C2SCC(=O)N2Cc2cccnc2)c1. The first-order valence-electron chi connectivity index (χ1n) is 7.22. The lowest BCUT2D eigenvalue weighted by Crippen LogP contribution is -2.27. The Morgan fingerprint density at radius 1 is 1.39 bits per heavy atom. The molecule has 3 rings (SSSR count). The smallest absolute Gasteiger partial charge is 0.308 e. The van der Waals surface area contributed by atoms with E-state index < -0.39 is 0 Å². The lowest BCUT2D eigenvalue weighted by molar-refractivity contribution is -0.132. The van der Waals surface area contributed by atoms with Gasteiger partial charge in [-0.2, -0.15) is 0 Å². The summed E-state index contributed by atoms with van der Waals surface area (Å²) in [7, 11) is 0. The van der Waals surface area contributed by atoms with Crippen molar-refractivity contribution in [2.75, 3.05) is 5.75 Å². The van der Waals surface area contributed by atoms with Crippen LogP contribution >= 0.6 is 11.8 Å². The van der Waals surface area contributed by atoms with Crippen molar-refractivity contribution in [3.8, 4) is 5.75 Å². The largest absolute Gasteiger partial charge is 0.427 e. The summed E-state index contributed by atoms with van der Waals surface area (Å²) in [6, 6.07) is 11.1. The molecule has 0 N–H and O–H groups in total. The summed E-state index contributed by atoms with van der Waals surface area (Å²) in [5.41, 5.74) is 1.94. The van der Waals surface area contributed by atoms with Crippen molar-refractivity contribution in [3.05, 3.63) is 59.9 Å². The number of rotatable bonds is 4. The monoisotopic (exact) mass is 328 g/mol. The molecule has 1 fully saturated rings. The highest BCUT2D eigenvalue weighted by atomic mass is 32.2. The summed E-state index contributed by atoms with van der Waals surface area (Å²) in [6.45, 7) is 1.89. The number of carbonyl (C=O) groups excluding carboxylic acids is 2. The summed E-state index contributed by atoms with van der Waals surface area (Å²) >= 11 is 1.57. The molecule has 6 heteroatoms. The van der Waals surface area contributed by atoms with Crippen molar-refractivity contribution < 1.29 is 14.3 Å². The van der Waals surface area contributed by atoms with Crippen LogP contribution in [-0.4, -0.2) is 27.5 Å². The number of carbonyl (C=O) groups is 2. The van der Waals surface area contributed by atoms with Crippen LogP contribution in [0.2, 0.25) is 0 Å². The zero-order valence-electron chi connectivity index (χ0n) is 12.6. The van der Waals surface area contributed by atoms with Crippen LogP contribution in [0.1, 0.15) is 23.4 Å². The zero-order chi connectivity index (χ0) is 16.2. The Bertz CT molecular complexity index is 721. The molecule has 23 heavy (non-hydrogen) atoms. The minimum atomic E-state index is -0.357. The average Bonchev–Trinajstić information content (AvgIpc) is 2.89. The van der Waals surface area contributed by atoms with Crippen molar-refractivity contribution in [2.24, 2.45) is 0 Å². The molecule has 2 heterocycles. The third-order valence-corrected chi connectivity index (χ3v) is 4.70. The van der Waals surface area contributed by atoms with Crippen LogP contribution in [0.5, 0.6) is 5.75 Å². The van der Waals surface area contributed by atoms with Gasteiger partial charge in [-0.05, 0) is 29.3 Å². The Morgan fingerprint density at radius 3 is 3.00 bits per heavy atom. The highest BCUT2D eigenvalue weighted by Gasteiger charge is 2.33. The van der Waals surface area contributed by atoms with Crippen LogP contribution in [-0.2, 0) is 16.1 Å². The number of nitrogens with zero attached hydrogens (tertiary/aromatic N) is 2. The third-order valence-electron chi connectivity index (χ3n) is 3.45. The number of hydrogen-bond donors (Lipinski definition) is 0. The van der Waals surface area contributed by atoms with Crippen molar-refractivity contribution in [1.29, 1.82) is 0 Å². The van der Waals surface area contributed by atoms with Gasteiger partial charge in [0.2, 0.25) is 5.91 Å². The van der Waals surface area contributed by atoms with Gasteiger partial charge >= 0.3 is 5.97 Å². The minimum absolute atomic E-state index is 0.0850. The molecular formula is C17H16N2O3S. The maximum absolute atomic E-state index is 12.2. The van der Waals surface area contributed by atoms with E-state index in [1.54, 1.807) is 30.2 Å². The topological polar surface area (TPSA) is 59.5 Å². The van der Waals surface area contributed by atoms with Gasteiger partial charge in [0.05, 0.1) is 5.75 Å². The van der Waals surface area contributed by atoms with Gasteiger partial charge in [-0.3, -0.25) is 14.6 Å². The van der Waals surface area contributed by atoms with Crippen LogP contribution in [0.3, 0.4) is 0 Å². The Morgan fingerprint density at radius 2 is 2.26 bits per heavy atom. The first kappa shape index (κ1) is 15.6. The van der Waals surface area contributed by atoms with E-state index in [0.717, 1.165) is 11.1 Å². The first-order chi connectivity index (χ1) is 11.1. The number of benzene rings is 1. The van der Waals surface area contributed by atoms with Crippen molar-refractivity contribution in [2.45, 2.75) is 18.8 Å². The fourth-order valence-corrected chi connectivity index (χ4v) is 3.66. The van der Waals surface area contributed by atoms with E-state index in [9.17, 15) is 9.59 Å². The molecule has 1 saturated heterocycles. The average molecular weight is 328 g/mol. The standard InChI is InChI=1S/C17H16N2O3S/c1-12(20)22-15-6-2-5-14(8-15)17-19(16(21)11-23-17)10-13-4-3-7-18-9-13/h2-9,17H,10-11H2,1H3. The predicted molar refractivity (Wildman–Crippen MR) is 87.7 cm³/mol. The molecule has 0 spiro atoms. The molecule has 0 bridgehead atoms. The van der Waals surface area contributed by atoms with Crippen molar-refractivity contribution in [1.82, 2.24) is 9.88 Å². The molecule has 0 saturated carbocycles. The second-order valence-electron chi connectivity index (χ2n) is 5.21. The molecular weight excluding hydrogens is 312 g/mol. The van der Waals surface area contributed by atoms with Gasteiger partial charge in [-0.25, -0.2) is 0 Å². The highest BCUT2D eigenvalue weighted by Crippen LogP contribution is 2.40. The molecule has 1 aromatic carbocycles. The third kappa shape index (κ3) is 3.71. The minimum Gasteiger partial charge on any atom is -0.427 e. The molecule has 0 radical (unpaired) electrons. The van der Waals surface area contributed by atoms with Gasteiger partial charge in [0.1, 0.15) is 11.1 Å². The number of esters is 1. The number of aromatic nitrogens is 1. The van der Waals surface area contributed by atoms with Crippen molar-refractivity contribution in [3.63, 3.8) is 0 Å². The highest BCUT2D eigenvalue weighted by molar-refractivity contribution is 8.00. The van der Waals surface area contributed by atoms with Crippen LogP contribution in [0.4, 0.5) is 0 Å². The van der Waals surface area contributed by atoms with E-state index in [4.69, 9.17) is 4.74 Å². The van der Waals surface area contributed by atoms with E-state index in [2.05, 4.69) is 4.98 Å². The molecule has 1 aliphatic rings. The predicted octanol–water partition coefficient (Wildman–Crippen LogP) is 2.78. The molecule has 118 valence electrons. The number of hydrogen-bond acceptors (Lipinski definition) is 5. The second kappa shape index (κ2) is 6.83. The maximum Gasteiger partial charge on any atom is 0.308 e. The van der Waals surface area contributed by atoms with E-state index in [0.29, 0.717) is 18.0 Å². The number of pyridine rings is 1. The molecule has 2 aromatic rings. The lowest BCUT2D eigenvalue weighted by atomic mass is 10.1. The molecule has 5 nitrogen and oxygen atoms in total. The van der Waals surface area contributed by atoms with E-state index >= 15 is 0 Å². The summed E-state index contributed by atoms with van der Waals surface area (Å²) in [5.74, 6) is 0.686. The Hall–Kier alpha value is -2.34. The maximum atomic E-state index is 12.2. The van der Waals surface area contributed by atoms with Crippen LogP contribution in [0.25, 0.3) is 0 Å². The van der Waals surface area contributed by atoms with Gasteiger partial charge < -0.3 is 9.64 Å². The molecule has 0 aliphatic carbocycles. The molecule has 1 atom stereocenters. The number of amides is 1. The summed E-state index contributed by atoms with van der Waals surface area (Å²) in [5, 5.41) is -0.0850. The zero-order valence-corrected chi connectivity index (χ0v) is 13.5. The molecule has 1 aromatic heterocycles. The lowest BCUT2D eigenvalue weighted by Gasteiger charge is -2.24. The number of thioether (sulfide) groups is 1. The van der Waals surface area contributed by atoms with Crippen LogP contribution < -0.4 is 4.74 Å². The Labute approximate surface area is 138 Å². The van der Waals surface area contributed by atoms with Gasteiger partial charge in [0.25, 0.3) is 0 Å². The molecule has 1 amide bonds.